The Labute approximate surface area is 146 Å². The normalized spacial score (nSPS) is 10.0. The number of fused-ring (bicyclic) bond motifs is 2. The lowest BCUT2D eigenvalue weighted by atomic mass is 10.2. The molecular formula is C21H22N2O2. The standard InChI is InChI=1S/2C10H9NO.CH4/c1-11-7-6-8-4-2-3-5-9(8)10(11)12;1-11-9-5-3-2-4-8(9)6-7-10(11)12;/h2*2-7H,1H3;1H4. The van der Waals surface area contributed by atoms with E-state index in [0.29, 0.717) is 0 Å². The zero-order valence-electron chi connectivity index (χ0n) is 13.6. The molecule has 0 aliphatic heterocycles. The molecule has 128 valence electrons. The molecule has 25 heavy (non-hydrogen) atoms. The highest BCUT2D eigenvalue weighted by Crippen LogP contribution is 2.09. The van der Waals surface area contributed by atoms with Crippen LogP contribution in [0.4, 0.5) is 0 Å². The maximum absolute atomic E-state index is 11.5. The van der Waals surface area contributed by atoms with E-state index in [1.807, 2.05) is 60.7 Å². The molecule has 0 saturated carbocycles. The molecule has 0 aliphatic rings. The quantitative estimate of drug-likeness (QED) is 0.492. The fourth-order valence-electron chi connectivity index (χ4n) is 2.61. The summed E-state index contributed by atoms with van der Waals surface area (Å²) in [5.74, 6) is 0. The van der Waals surface area contributed by atoms with Crippen molar-refractivity contribution in [3.05, 3.63) is 93.6 Å². The minimum Gasteiger partial charge on any atom is -0.318 e. The molecule has 0 unspecified atom stereocenters. The molecule has 2 heterocycles. The molecule has 0 bridgehead atoms. The Morgan fingerprint density at radius 1 is 0.720 bits per heavy atom. The number of benzene rings is 2. The third kappa shape index (κ3) is 3.69. The number of hydrogen-bond acceptors (Lipinski definition) is 2. The van der Waals surface area contributed by atoms with Crippen LogP contribution >= 0.6 is 0 Å². The molecule has 4 aromatic rings. The third-order valence-electron chi connectivity index (χ3n) is 4.02. The number of aryl methyl sites for hydroxylation is 2. The summed E-state index contributed by atoms with van der Waals surface area (Å²) >= 11 is 0. The first-order valence-electron chi connectivity index (χ1n) is 7.67. The van der Waals surface area contributed by atoms with Crippen molar-refractivity contribution in [2.45, 2.75) is 7.43 Å². The third-order valence-corrected chi connectivity index (χ3v) is 4.02. The number of hydrogen-bond donors (Lipinski definition) is 0. The monoisotopic (exact) mass is 334 g/mol. The predicted octanol–water partition coefficient (Wildman–Crippen LogP) is 3.71. The van der Waals surface area contributed by atoms with Crippen molar-refractivity contribution in [3.8, 4) is 0 Å². The van der Waals surface area contributed by atoms with E-state index in [-0.39, 0.29) is 18.5 Å². The molecule has 0 N–H and O–H groups in total. The van der Waals surface area contributed by atoms with Gasteiger partial charge in [0.25, 0.3) is 11.1 Å². The second kappa shape index (κ2) is 7.62. The summed E-state index contributed by atoms with van der Waals surface area (Å²) in [4.78, 5) is 22.7. The molecular weight excluding hydrogens is 312 g/mol. The molecule has 0 spiro atoms. The minimum absolute atomic E-state index is 0. The van der Waals surface area contributed by atoms with Crippen LogP contribution in [0, 0.1) is 0 Å². The number of pyridine rings is 2. The lowest BCUT2D eigenvalue weighted by Gasteiger charge is -2.01. The van der Waals surface area contributed by atoms with Crippen molar-refractivity contribution in [1.82, 2.24) is 9.13 Å². The largest absolute Gasteiger partial charge is 0.318 e. The number of aromatic nitrogens is 2. The molecule has 0 saturated heterocycles. The van der Waals surface area contributed by atoms with Crippen molar-refractivity contribution in [3.63, 3.8) is 0 Å². The molecule has 0 amide bonds. The molecule has 2 aromatic carbocycles. The Morgan fingerprint density at radius 2 is 1.36 bits per heavy atom. The summed E-state index contributed by atoms with van der Waals surface area (Å²) in [7, 11) is 3.54. The van der Waals surface area contributed by atoms with Crippen LogP contribution in [0.2, 0.25) is 0 Å². The minimum atomic E-state index is 0. The highest BCUT2D eigenvalue weighted by Gasteiger charge is 1.97. The first-order chi connectivity index (χ1) is 11.6. The van der Waals surface area contributed by atoms with E-state index in [1.165, 1.54) is 0 Å². The van der Waals surface area contributed by atoms with E-state index in [4.69, 9.17) is 0 Å². The van der Waals surface area contributed by atoms with Gasteiger partial charge in [-0.3, -0.25) is 9.59 Å². The number of rotatable bonds is 0. The Kier molecular flexibility index (Phi) is 5.55. The van der Waals surface area contributed by atoms with Gasteiger partial charge in [-0.25, -0.2) is 0 Å². The Morgan fingerprint density at radius 3 is 2.12 bits per heavy atom. The van der Waals surface area contributed by atoms with Crippen LogP contribution in [0.3, 0.4) is 0 Å². The zero-order chi connectivity index (χ0) is 17.1. The van der Waals surface area contributed by atoms with Crippen LogP contribution < -0.4 is 11.1 Å². The summed E-state index contributed by atoms with van der Waals surface area (Å²) in [6.45, 7) is 0. The molecule has 0 radical (unpaired) electrons. The topological polar surface area (TPSA) is 44.0 Å². The SMILES string of the molecule is C.Cn1c(=O)ccc2ccccc21.Cn1ccc2ccccc2c1=O. The van der Waals surface area contributed by atoms with Crippen molar-refractivity contribution < 1.29 is 0 Å². The van der Waals surface area contributed by atoms with Gasteiger partial charge >= 0.3 is 0 Å². The Bertz CT molecular complexity index is 1120. The average Bonchev–Trinajstić information content (AvgIpc) is 2.62. The van der Waals surface area contributed by atoms with Crippen LogP contribution in [0.1, 0.15) is 7.43 Å². The van der Waals surface area contributed by atoms with Crippen LogP contribution in [-0.2, 0) is 14.1 Å². The summed E-state index contributed by atoms with van der Waals surface area (Å²) < 4.78 is 3.23. The van der Waals surface area contributed by atoms with E-state index in [1.54, 1.807) is 35.5 Å². The summed E-state index contributed by atoms with van der Waals surface area (Å²) in [6, 6.07) is 20.8. The van der Waals surface area contributed by atoms with Gasteiger partial charge in [0, 0.05) is 31.7 Å². The van der Waals surface area contributed by atoms with Crippen molar-refractivity contribution in [1.29, 1.82) is 0 Å². The molecule has 4 heteroatoms. The number of para-hydroxylation sites is 1. The van der Waals surface area contributed by atoms with Crippen molar-refractivity contribution in [2.24, 2.45) is 14.1 Å². The summed E-state index contributed by atoms with van der Waals surface area (Å²) in [5, 5.41) is 2.88. The van der Waals surface area contributed by atoms with E-state index >= 15 is 0 Å². The van der Waals surface area contributed by atoms with Crippen LogP contribution in [-0.4, -0.2) is 9.13 Å². The fourth-order valence-corrected chi connectivity index (χ4v) is 2.61. The van der Waals surface area contributed by atoms with E-state index in [9.17, 15) is 9.59 Å². The van der Waals surface area contributed by atoms with Gasteiger partial charge in [-0.2, -0.15) is 0 Å². The van der Waals surface area contributed by atoms with Crippen molar-refractivity contribution in [2.75, 3.05) is 0 Å². The highest BCUT2D eigenvalue weighted by molar-refractivity contribution is 5.81. The van der Waals surface area contributed by atoms with Crippen LogP contribution in [0.15, 0.2) is 82.5 Å². The average molecular weight is 334 g/mol. The molecule has 4 nitrogen and oxygen atoms in total. The molecule has 0 aliphatic carbocycles. The van der Waals surface area contributed by atoms with Crippen LogP contribution in [0.25, 0.3) is 21.7 Å². The van der Waals surface area contributed by atoms with Gasteiger partial charge in [0.05, 0.1) is 5.52 Å². The smallest absolute Gasteiger partial charge is 0.258 e. The Balaban J connectivity index is 0.000000173. The van der Waals surface area contributed by atoms with E-state index in [2.05, 4.69) is 0 Å². The van der Waals surface area contributed by atoms with Crippen LogP contribution in [0.5, 0.6) is 0 Å². The van der Waals surface area contributed by atoms with E-state index < -0.39 is 0 Å². The van der Waals surface area contributed by atoms with Gasteiger partial charge in [0.15, 0.2) is 0 Å². The molecule has 4 rings (SSSR count). The second-order valence-electron chi connectivity index (χ2n) is 5.61. The molecule has 2 aromatic heterocycles. The summed E-state index contributed by atoms with van der Waals surface area (Å²) in [5.41, 5.74) is 1.08. The van der Waals surface area contributed by atoms with Gasteiger partial charge in [-0.15, -0.1) is 0 Å². The first kappa shape index (κ1) is 18.2. The van der Waals surface area contributed by atoms with E-state index in [0.717, 1.165) is 21.7 Å². The lowest BCUT2D eigenvalue weighted by Crippen LogP contribution is -2.15. The van der Waals surface area contributed by atoms with Crippen molar-refractivity contribution >= 4 is 21.7 Å². The fraction of sp³-hybridized carbons (Fsp3) is 0.143. The first-order valence-corrected chi connectivity index (χ1v) is 7.67. The van der Waals surface area contributed by atoms with Gasteiger partial charge in [-0.05, 0) is 35.0 Å². The maximum Gasteiger partial charge on any atom is 0.258 e. The second-order valence-corrected chi connectivity index (χ2v) is 5.61. The van der Waals surface area contributed by atoms with Gasteiger partial charge in [-0.1, -0.05) is 43.8 Å². The maximum atomic E-state index is 11.5. The molecule has 0 fully saturated rings. The Hall–Kier alpha value is -3.14. The van der Waals surface area contributed by atoms with Gasteiger partial charge in [0.1, 0.15) is 0 Å². The predicted molar refractivity (Wildman–Crippen MR) is 105 cm³/mol. The van der Waals surface area contributed by atoms with Gasteiger partial charge < -0.3 is 9.13 Å². The highest BCUT2D eigenvalue weighted by atomic mass is 16.1. The van der Waals surface area contributed by atoms with Gasteiger partial charge in [0.2, 0.25) is 0 Å². The molecule has 0 atom stereocenters. The summed E-state index contributed by atoms with van der Waals surface area (Å²) in [6.07, 6.45) is 1.78. The number of nitrogens with zero attached hydrogens (tertiary/aromatic N) is 2. The zero-order valence-corrected chi connectivity index (χ0v) is 13.6. The lowest BCUT2D eigenvalue weighted by molar-refractivity contribution is 0.873.